The second-order valence-corrected chi connectivity index (χ2v) is 6.31. The van der Waals surface area contributed by atoms with Gasteiger partial charge < -0.3 is 0 Å². The van der Waals surface area contributed by atoms with Crippen LogP contribution in [0.15, 0.2) is 21.9 Å². The number of rotatable bonds is 3. The lowest BCUT2D eigenvalue weighted by Gasteiger charge is -2.09. The number of sulfonamides is 1. The molecule has 95 valence electrons. The van der Waals surface area contributed by atoms with Gasteiger partial charge in [-0.1, -0.05) is 6.07 Å². The van der Waals surface area contributed by atoms with Gasteiger partial charge in [0.25, 0.3) is 10.1 Å². The Morgan fingerprint density at radius 3 is 2.06 bits per heavy atom. The van der Waals surface area contributed by atoms with Gasteiger partial charge in [-0.3, -0.25) is 4.55 Å². The van der Waals surface area contributed by atoms with Crippen LogP contribution in [0.4, 0.5) is 0 Å². The monoisotopic (exact) mass is 280 g/mol. The third-order valence-electron chi connectivity index (χ3n) is 2.10. The first-order valence-electron chi connectivity index (χ1n) is 4.29. The second kappa shape index (κ2) is 4.35. The third-order valence-corrected chi connectivity index (χ3v) is 4.09. The minimum absolute atomic E-state index is 0.0748. The van der Waals surface area contributed by atoms with Gasteiger partial charge in [0.05, 0.1) is 9.79 Å². The molecule has 0 atom stereocenters. The van der Waals surface area contributed by atoms with Crippen LogP contribution in [0.3, 0.4) is 0 Å². The molecule has 0 saturated heterocycles. The fourth-order valence-electron chi connectivity index (χ4n) is 1.38. The summed E-state index contributed by atoms with van der Waals surface area (Å²) in [5, 5.41) is 15.6. The zero-order chi connectivity index (χ0) is 13.4. The highest BCUT2D eigenvalue weighted by molar-refractivity contribution is 7.89. The van der Waals surface area contributed by atoms with E-state index < -0.39 is 36.5 Å². The van der Waals surface area contributed by atoms with Crippen LogP contribution in [0, 0.1) is 6.92 Å². The van der Waals surface area contributed by atoms with Crippen LogP contribution in [-0.2, 0) is 31.9 Å². The Hall–Kier alpha value is -1.00. The van der Waals surface area contributed by atoms with Crippen molar-refractivity contribution in [1.82, 2.24) is 0 Å². The maximum absolute atomic E-state index is 11.2. The highest BCUT2D eigenvalue weighted by Crippen LogP contribution is 2.23. The molecule has 1 aromatic rings. The van der Waals surface area contributed by atoms with E-state index in [0.29, 0.717) is 6.07 Å². The maximum atomic E-state index is 11.2. The second-order valence-electron chi connectivity index (χ2n) is 3.39. The smallest absolute Gasteiger partial charge is 0.282 e. The first kappa shape index (κ1) is 14.1. The van der Waals surface area contributed by atoms with Gasteiger partial charge in [-0.05, 0) is 18.6 Å². The summed E-state index contributed by atoms with van der Waals surface area (Å²) < 4.78 is 53.2. The fraction of sp³-hybridized carbons (Fsp3) is 0.250. The summed E-state index contributed by atoms with van der Waals surface area (Å²) in [5.41, 5.74) is -0.0665. The van der Waals surface area contributed by atoms with Crippen molar-refractivity contribution < 1.29 is 26.5 Å². The number of aryl methyl sites for hydroxylation is 1. The molecule has 7 nitrogen and oxygen atoms in total. The largest absolute Gasteiger partial charge is 0.294 e. The zero-order valence-electron chi connectivity index (χ0n) is 8.74. The van der Waals surface area contributed by atoms with Crippen molar-refractivity contribution in [2.45, 2.75) is 23.3 Å². The van der Waals surface area contributed by atoms with Crippen molar-refractivity contribution in [3.63, 3.8) is 0 Å². The summed E-state index contributed by atoms with van der Waals surface area (Å²) >= 11 is 0. The van der Waals surface area contributed by atoms with Gasteiger partial charge in [0.2, 0.25) is 10.0 Å². The molecule has 9 heteroatoms. The van der Waals surface area contributed by atoms with Gasteiger partial charge >= 0.3 is 0 Å². The summed E-state index contributed by atoms with van der Waals surface area (Å²) in [6, 6.07) is 1.77. The Labute approximate surface area is 98.7 Å². The van der Waals surface area contributed by atoms with Gasteiger partial charge in [-0.2, -0.15) is 8.42 Å². The van der Waals surface area contributed by atoms with E-state index in [2.05, 4.69) is 0 Å². The van der Waals surface area contributed by atoms with Crippen molar-refractivity contribution in [3.8, 4) is 0 Å². The standard InChI is InChI=1S/C8H10NO6S2/c1-5-2-6(4-10)8(16(9,11)12)3-7(5)17(13,14)15/h2-3H,4H2,1H3,(H2,9,11,12)(H,13,14,15). The lowest BCUT2D eigenvalue weighted by atomic mass is 10.1. The number of nitrogens with two attached hydrogens (primary N) is 1. The zero-order valence-corrected chi connectivity index (χ0v) is 10.4. The molecule has 0 aliphatic heterocycles. The van der Waals surface area contributed by atoms with E-state index in [1.54, 1.807) is 0 Å². The molecular formula is C8H10NO6S2. The molecule has 0 aliphatic carbocycles. The lowest BCUT2D eigenvalue weighted by Crippen LogP contribution is -2.16. The molecule has 0 saturated carbocycles. The highest BCUT2D eigenvalue weighted by Gasteiger charge is 2.21. The summed E-state index contributed by atoms with van der Waals surface area (Å²) in [4.78, 5) is -1.18. The minimum atomic E-state index is -4.56. The van der Waals surface area contributed by atoms with E-state index in [1.165, 1.54) is 6.92 Å². The van der Waals surface area contributed by atoms with Crippen molar-refractivity contribution >= 4 is 20.1 Å². The van der Waals surface area contributed by atoms with Crippen LogP contribution in [0.25, 0.3) is 0 Å². The fourth-order valence-corrected chi connectivity index (χ4v) is 2.96. The van der Waals surface area contributed by atoms with Gasteiger partial charge in [-0.15, -0.1) is 0 Å². The molecule has 17 heavy (non-hydrogen) atoms. The predicted molar refractivity (Wildman–Crippen MR) is 56.8 cm³/mol. The van der Waals surface area contributed by atoms with Crippen molar-refractivity contribution in [2.24, 2.45) is 5.14 Å². The van der Waals surface area contributed by atoms with E-state index in [-0.39, 0.29) is 11.1 Å². The molecular weight excluding hydrogens is 270 g/mol. The predicted octanol–water partition coefficient (Wildman–Crippen LogP) is -0.180. The Kier molecular flexibility index (Phi) is 3.60. The Morgan fingerprint density at radius 1 is 1.18 bits per heavy atom. The van der Waals surface area contributed by atoms with Crippen molar-refractivity contribution in [3.05, 3.63) is 23.3 Å². The minimum Gasteiger partial charge on any atom is -0.282 e. The van der Waals surface area contributed by atoms with Crippen LogP contribution in [0.2, 0.25) is 0 Å². The lowest BCUT2D eigenvalue weighted by molar-refractivity contribution is 0.175. The topological polar surface area (TPSA) is 134 Å². The van der Waals surface area contributed by atoms with E-state index in [4.69, 9.17) is 9.69 Å². The van der Waals surface area contributed by atoms with E-state index in [0.717, 1.165) is 6.07 Å². The van der Waals surface area contributed by atoms with Gasteiger partial charge in [0.15, 0.2) is 0 Å². The number of benzene rings is 1. The molecule has 1 aromatic carbocycles. The van der Waals surface area contributed by atoms with Crippen LogP contribution >= 0.6 is 0 Å². The SMILES string of the molecule is Cc1cc(C[O])c(S(N)(=O)=O)cc1S(=O)(=O)O. The van der Waals surface area contributed by atoms with Gasteiger partial charge in [0.1, 0.15) is 6.61 Å². The molecule has 0 unspecified atom stereocenters. The van der Waals surface area contributed by atoms with Crippen molar-refractivity contribution in [2.75, 3.05) is 0 Å². The van der Waals surface area contributed by atoms with Crippen LogP contribution < -0.4 is 5.14 Å². The quantitative estimate of drug-likeness (QED) is 0.740. The molecule has 0 heterocycles. The normalized spacial score (nSPS) is 12.7. The number of primary sulfonamides is 1. The average Bonchev–Trinajstić information content (AvgIpc) is 2.13. The number of hydrogen-bond donors (Lipinski definition) is 2. The summed E-state index contributed by atoms with van der Waals surface area (Å²) in [6.45, 7) is 0.466. The van der Waals surface area contributed by atoms with Crippen molar-refractivity contribution in [1.29, 1.82) is 0 Å². The molecule has 1 rings (SSSR count). The molecule has 0 aromatic heterocycles. The van der Waals surface area contributed by atoms with E-state index >= 15 is 0 Å². The van der Waals surface area contributed by atoms with E-state index in [1.807, 2.05) is 0 Å². The molecule has 0 amide bonds. The highest BCUT2D eigenvalue weighted by atomic mass is 32.2. The Balaban J connectivity index is 3.73. The first-order valence-corrected chi connectivity index (χ1v) is 7.28. The summed E-state index contributed by atoms with van der Waals surface area (Å²) in [7, 11) is -8.78. The van der Waals surface area contributed by atoms with Crippen LogP contribution in [0.5, 0.6) is 0 Å². The van der Waals surface area contributed by atoms with Crippen LogP contribution in [-0.4, -0.2) is 21.4 Å². The van der Waals surface area contributed by atoms with Gasteiger partial charge in [-0.25, -0.2) is 18.7 Å². The molecule has 0 aliphatic rings. The summed E-state index contributed by atoms with van der Waals surface area (Å²) in [6.07, 6.45) is 0. The van der Waals surface area contributed by atoms with Crippen LogP contribution in [0.1, 0.15) is 11.1 Å². The third kappa shape index (κ3) is 3.01. The Morgan fingerprint density at radius 2 is 1.71 bits per heavy atom. The van der Waals surface area contributed by atoms with E-state index in [9.17, 15) is 21.9 Å². The van der Waals surface area contributed by atoms with Gasteiger partial charge in [0, 0.05) is 5.56 Å². The molecule has 0 spiro atoms. The molecule has 0 fully saturated rings. The molecule has 3 N–H and O–H groups in total. The maximum Gasteiger partial charge on any atom is 0.294 e. The Bertz CT molecular complexity index is 647. The molecule has 1 radical (unpaired) electrons. The first-order chi connectivity index (χ1) is 7.57. The number of hydrogen-bond acceptors (Lipinski definition) is 4. The molecule has 0 bridgehead atoms. The summed E-state index contributed by atoms with van der Waals surface area (Å²) in [5.74, 6) is 0. The average molecular weight is 280 g/mol.